The molecule has 0 spiro atoms. The first kappa shape index (κ1) is 15.3. The third-order valence-electron chi connectivity index (χ3n) is 4.65. The van der Waals surface area contributed by atoms with Crippen LogP contribution in [0.4, 0.5) is 0 Å². The Labute approximate surface area is 121 Å². The molecule has 114 valence electrons. The van der Waals surface area contributed by atoms with Crippen molar-refractivity contribution in [3.05, 3.63) is 0 Å². The number of carbonyl (C=O) groups excluding carboxylic acids is 2. The predicted octanol–water partition coefficient (Wildman–Crippen LogP) is 0.847. The highest BCUT2D eigenvalue weighted by Gasteiger charge is 2.42. The van der Waals surface area contributed by atoms with Crippen molar-refractivity contribution >= 4 is 11.8 Å². The lowest BCUT2D eigenvalue weighted by Gasteiger charge is -2.33. The molecular formula is C15H27N3O2. The van der Waals surface area contributed by atoms with Gasteiger partial charge in [0.15, 0.2) is 0 Å². The first-order valence-corrected chi connectivity index (χ1v) is 7.85. The fraction of sp³-hybridized carbons (Fsp3) is 0.867. The molecule has 1 N–H and O–H groups in total. The topological polar surface area (TPSA) is 52.7 Å². The molecule has 2 fully saturated rings. The molecule has 1 atom stereocenters. The van der Waals surface area contributed by atoms with Crippen LogP contribution < -0.4 is 5.32 Å². The van der Waals surface area contributed by atoms with E-state index in [1.54, 1.807) is 6.92 Å². The van der Waals surface area contributed by atoms with Gasteiger partial charge in [-0.15, -0.1) is 0 Å². The molecule has 2 saturated heterocycles. The van der Waals surface area contributed by atoms with Crippen LogP contribution in [0.5, 0.6) is 0 Å². The van der Waals surface area contributed by atoms with Crippen LogP contribution in [0.1, 0.15) is 39.5 Å². The molecule has 20 heavy (non-hydrogen) atoms. The molecule has 2 heterocycles. The van der Waals surface area contributed by atoms with Crippen molar-refractivity contribution in [2.24, 2.45) is 5.41 Å². The highest BCUT2D eigenvalue weighted by atomic mass is 16.2. The van der Waals surface area contributed by atoms with Crippen molar-refractivity contribution in [1.29, 1.82) is 0 Å². The van der Waals surface area contributed by atoms with Gasteiger partial charge in [-0.1, -0.05) is 13.3 Å². The van der Waals surface area contributed by atoms with Crippen molar-refractivity contribution in [2.45, 2.75) is 39.5 Å². The lowest BCUT2D eigenvalue weighted by atomic mass is 9.81. The van der Waals surface area contributed by atoms with Crippen LogP contribution in [0.2, 0.25) is 0 Å². The first-order valence-electron chi connectivity index (χ1n) is 7.85. The molecule has 2 aliphatic heterocycles. The summed E-state index contributed by atoms with van der Waals surface area (Å²) in [5.74, 6) is 0.417. The van der Waals surface area contributed by atoms with Crippen LogP contribution in [0.15, 0.2) is 0 Å². The van der Waals surface area contributed by atoms with Gasteiger partial charge in [0.05, 0.1) is 5.41 Å². The zero-order valence-corrected chi connectivity index (χ0v) is 12.8. The summed E-state index contributed by atoms with van der Waals surface area (Å²) in [6, 6.07) is 0. The number of amides is 2. The summed E-state index contributed by atoms with van der Waals surface area (Å²) in [7, 11) is 0. The van der Waals surface area contributed by atoms with Gasteiger partial charge in [0.1, 0.15) is 0 Å². The summed E-state index contributed by atoms with van der Waals surface area (Å²) < 4.78 is 0. The van der Waals surface area contributed by atoms with Gasteiger partial charge in [-0.25, -0.2) is 0 Å². The molecule has 5 nitrogen and oxygen atoms in total. The third kappa shape index (κ3) is 3.14. The van der Waals surface area contributed by atoms with Gasteiger partial charge in [0.2, 0.25) is 11.8 Å². The Bertz CT molecular complexity index is 364. The van der Waals surface area contributed by atoms with Crippen LogP contribution in [0.25, 0.3) is 0 Å². The Balaban J connectivity index is 2.02. The maximum Gasteiger partial charge on any atom is 0.230 e. The molecular weight excluding hydrogens is 254 g/mol. The van der Waals surface area contributed by atoms with Gasteiger partial charge < -0.3 is 15.1 Å². The number of carbonyl (C=O) groups is 2. The van der Waals surface area contributed by atoms with Gasteiger partial charge in [-0.2, -0.15) is 0 Å². The summed E-state index contributed by atoms with van der Waals surface area (Å²) in [6.07, 6.45) is 3.85. The fourth-order valence-corrected chi connectivity index (χ4v) is 3.50. The molecule has 2 rings (SSSR count). The van der Waals surface area contributed by atoms with Crippen molar-refractivity contribution in [3.8, 4) is 0 Å². The van der Waals surface area contributed by atoms with Crippen molar-refractivity contribution in [2.75, 3.05) is 39.3 Å². The summed E-state index contributed by atoms with van der Waals surface area (Å²) in [4.78, 5) is 28.2. The Morgan fingerprint density at radius 1 is 1.15 bits per heavy atom. The van der Waals surface area contributed by atoms with Crippen LogP contribution >= 0.6 is 0 Å². The zero-order chi connectivity index (χ0) is 14.6. The minimum atomic E-state index is -0.194. The van der Waals surface area contributed by atoms with Gasteiger partial charge in [-0.3, -0.25) is 9.59 Å². The highest BCUT2D eigenvalue weighted by molar-refractivity contribution is 5.83. The molecule has 1 unspecified atom stereocenters. The van der Waals surface area contributed by atoms with E-state index in [9.17, 15) is 9.59 Å². The molecule has 0 aromatic rings. The maximum absolute atomic E-state index is 12.9. The Hall–Kier alpha value is -1.10. The first-order chi connectivity index (χ1) is 9.59. The average Bonchev–Trinajstić information content (AvgIpc) is 2.75. The summed E-state index contributed by atoms with van der Waals surface area (Å²) in [5.41, 5.74) is -0.194. The van der Waals surface area contributed by atoms with E-state index in [-0.39, 0.29) is 11.3 Å². The van der Waals surface area contributed by atoms with Crippen LogP contribution in [-0.4, -0.2) is 60.9 Å². The quantitative estimate of drug-likeness (QED) is 0.834. The molecule has 5 heteroatoms. The molecule has 0 radical (unpaired) electrons. The molecule has 2 aliphatic rings. The van der Waals surface area contributed by atoms with Crippen LogP contribution in [0, 0.1) is 5.41 Å². The number of nitrogens with zero attached hydrogens (tertiary/aromatic N) is 2. The van der Waals surface area contributed by atoms with Gasteiger partial charge in [0.25, 0.3) is 0 Å². The predicted molar refractivity (Wildman–Crippen MR) is 78.3 cm³/mol. The van der Waals surface area contributed by atoms with Crippen LogP contribution in [-0.2, 0) is 9.59 Å². The van der Waals surface area contributed by atoms with E-state index in [0.29, 0.717) is 19.0 Å². The van der Waals surface area contributed by atoms with E-state index in [1.165, 1.54) is 0 Å². The van der Waals surface area contributed by atoms with E-state index >= 15 is 0 Å². The SMILES string of the molecule is CCCC1(C(=O)N2CCCN(C(C)=O)CC2)CCNC1. The monoisotopic (exact) mass is 281 g/mol. The normalized spacial score (nSPS) is 27.5. The molecule has 0 aliphatic carbocycles. The summed E-state index contributed by atoms with van der Waals surface area (Å²) >= 11 is 0. The highest BCUT2D eigenvalue weighted by Crippen LogP contribution is 2.33. The van der Waals surface area contributed by atoms with Crippen molar-refractivity contribution < 1.29 is 9.59 Å². The molecule has 2 amide bonds. The summed E-state index contributed by atoms with van der Waals surface area (Å²) in [6.45, 7) is 8.43. The lowest BCUT2D eigenvalue weighted by Crippen LogP contribution is -2.46. The van der Waals surface area contributed by atoms with E-state index in [4.69, 9.17) is 0 Å². The zero-order valence-electron chi connectivity index (χ0n) is 12.8. The Morgan fingerprint density at radius 2 is 1.85 bits per heavy atom. The maximum atomic E-state index is 12.9. The third-order valence-corrected chi connectivity index (χ3v) is 4.65. The number of rotatable bonds is 3. The molecule has 0 aromatic heterocycles. The Morgan fingerprint density at radius 3 is 2.45 bits per heavy atom. The average molecular weight is 281 g/mol. The molecule has 0 saturated carbocycles. The van der Waals surface area contributed by atoms with Crippen LogP contribution in [0.3, 0.4) is 0 Å². The molecule has 0 aromatic carbocycles. The minimum absolute atomic E-state index is 0.116. The molecule has 0 bridgehead atoms. The van der Waals surface area contributed by atoms with E-state index in [2.05, 4.69) is 12.2 Å². The summed E-state index contributed by atoms with van der Waals surface area (Å²) in [5, 5.41) is 3.35. The smallest absolute Gasteiger partial charge is 0.230 e. The van der Waals surface area contributed by atoms with E-state index in [0.717, 1.165) is 51.9 Å². The number of hydrogen-bond donors (Lipinski definition) is 1. The van der Waals surface area contributed by atoms with Gasteiger partial charge in [-0.05, 0) is 25.8 Å². The van der Waals surface area contributed by atoms with Gasteiger partial charge in [0, 0.05) is 39.6 Å². The minimum Gasteiger partial charge on any atom is -0.341 e. The lowest BCUT2D eigenvalue weighted by molar-refractivity contribution is -0.142. The standard InChI is InChI=1S/C15H27N3O2/c1-3-5-15(6-7-16-12-15)14(20)18-9-4-8-17(10-11-18)13(2)19/h16H,3-12H2,1-2H3. The van der Waals surface area contributed by atoms with Gasteiger partial charge >= 0.3 is 0 Å². The van der Waals surface area contributed by atoms with Crippen molar-refractivity contribution in [3.63, 3.8) is 0 Å². The van der Waals surface area contributed by atoms with E-state index in [1.807, 2.05) is 9.80 Å². The Kier molecular flexibility index (Phi) is 5.02. The largest absolute Gasteiger partial charge is 0.341 e. The van der Waals surface area contributed by atoms with Crippen molar-refractivity contribution in [1.82, 2.24) is 15.1 Å². The van der Waals surface area contributed by atoms with E-state index < -0.39 is 0 Å². The number of hydrogen-bond acceptors (Lipinski definition) is 3. The second-order valence-corrected chi connectivity index (χ2v) is 6.11. The number of nitrogens with one attached hydrogen (secondary N) is 1. The fourth-order valence-electron chi connectivity index (χ4n) is 3.50. The second-order valence-electron chi connectivity index (χ2n) is 6.11. The second kappa shape index (κ2) is 6.57.